The van der Waals surface area contributed by atoms with Crippen LogP contribution in [0.15, 0.2) is 27.1 Å². The molecule has 0 unspecified atom stereocenters. The minimum absolute atomic E-state index is 0.359. The second-order valence-electron chi connectivity index (χ2n) is 2.44. The van der Waals surface area contributed by atoms with Crippen molar-refractivity contribution in [3.63, 3.8) is 0 Å². The summed E-state index contributed by atoms with van der Waals surface area (Å²) in [4.78, 5) is 3.63. The topological polar surface area (TPSA) is 26.0 Å². The van der Waals surface area contributed by atoms with Crippen molar-refractivity contribution in [2.45, 2.75) is 6.43 Å². The van der Waals surface area contributed by atoms with Crippen LogP contribution in [-0.4, -0.2) is 4.98 Å². The van der Waals surface area contributed by atoms with Gasteiger partial charge >= 0.3 is 6.43 Å². The molecule has 0 aliphatic heterocycles. The molecule has 2 aromatic rings. The smallest absolute Gasteiger partial charge is 0.313 e. The van der Waals surface area contributed by atoms with Gasteiger partial charge in [0.1, 0.15) is 5.52 Å². The second kappa shape index (κ2) is 3.06. The van der Waals surface area contributed by atoms with E-state index in [9.17, 15) is 8.78 Å². The van der Waals surface area contributed by atoms with Gasteiger partial charge in [-0.05, 0) is 28.1 Å². The Kier molecular flexibility index (Phi) is 2.03. The lowest BCUT2D eigenvalue weighted by atomic mass is 10.3. The van der Waals surface area contributed by atoms with Crippen molar-refractivity contribution in [1.29, 1.82) is 0 Å². The van der Waals surface area contributed by atoms with Crippen molar-refractivity contribution in [2.75, 3.05) is 0 Å². The maximum absolute atomic E-state index is 12.2. The Labute approximate surface area is 80.7 Å². The van der Waals surface area contributed by atoms with Gasteiger partial charge in [-0.15, -0.1) is 0 Å². The molecule has 0 aliphatic rings. The van der Waals surface area contributed by atoms with Crippen LogP contribution < -0.4 is 0 Å². The molecule has 0 radical (unpaired) electrons. The first-order chi connectivity index (χ1) is 6.18. The van der Waals surface area contributed by atoms with Crippen LogP contribution in [0.2, 0.25) is 0 Å². The first-order valence-corrected chi connectivity index (χ1v) is 4.31. The van der Waals surface area contributed by atoms with E-state index in [0.29, 0.717) is 15.6 Å². The number of fused-ring (bicyclic) bond motifs is 1. The van der Waals surface area contributed by atoms with E-state index in [1.807, 2.05) is 0 Å². The number of aromatic nitrogens is 1. The molecule has 0 spiro atoms. The zero-order chi connectivity index (χ0) is 9.42. The molecular formula is C8H4BrF2NO. The molecule has 0 atom stereocenters. The van der Waals surface area contributed by atoms with Gasteiger partial charge in [-0.3, -0.25) is 0 Å². The second-order valence-corrected chi connectivity index (χ2v) is 3.30. The van der Waals surface area contributed by atoms with Gasteiger partial charge in [0, 0.05) is 0 Å². The van der Waals surface area contributed by atoms with E-state index in [1.165, 1.54) is 0 Å². The summed E-state index contributed by atoms with van der Waals surface area (Å²) in [7, 11) is 0. The van der Waals surface area contributed by atoms with Crippen molar-refractivity contribution < 1.29 is 13.2 Å². The van der Waals surface area contributed by atoms with E-state index in [-0.39, 0.29) is 0 Å². The SMILES string of the molecule is FC(F)c1nc2cccc(Br)c2o1. The average molecular weight is 248 g/mol. The van der Waals surface area contributed by atoms with E-state index >= 15 is 0 Å². The Hall–Kier alpha value is -0.970. The van der Waals surface area contributed by atoms with Gasteiger partial charge in [0.2, 0.25) is 0 Å². The van der Waals surface area contributed by atoms with Gasteiger partial charge < -0.3 is 4.42 Å². The fourth-order valence-corrected chi connectivity index (χ4v) is 1.46. The highest BCUT2D eigenvalue weighted by Crippen LogP contribution is 2.28. The van der Waals surface area contributed by atoms with E-state index < -0.39 is 12.3 Å². The molecule has 0 saturated carbocycles. The molecule has 2 rings (SSSR count). The maximum atomic E-state index is 12.2. The lowest BCUT2D eigenvalue weighted by Gasteiger charge is -1.88. The largest absolute Gasteiger partial charge is 0.434 e. The Bertz CT molecular complexity index is 441. The first-order valence-electron chi connectivity index (χ1n) is 3.51. The lowest BCUT2D eigenvalue weighted by molar-refractivity contribution is 0.117. The number of para-hydroxylation sites is 1. The maximum Gasteiger partial charge on any atom is 0.313 e. The van der Waals surface area contributed by atoms with Crippen molar-refractivity contribution in [3.8, 4) is 0 Å². The number of oxazole rings is 1. The summed E-state index contributed by atoms with van der Waals surface area (Å²) >= 11 is 3.18. The lowest BCUT2D eigenvalue weighted by Crippen LogP contribution is -1.80. The number of rotatable bonds is 1. The molecule has 68 valence electrons. The third kappa shape index (κ3) is 1.44. The fraction of sp³-hybridized carbons (Fsp3) is 0.125. The van der Waals surface area contributed by atoms with Crippen LogP contribution in [0.5, 0.6) is 0 Å². The van der Waals surface area contributed by atoms with Crippen LogP contribution in [-0.2, 0) is 0 Å². The highest BCUT2D eigenvalue weighted by Gasteiger charge is 2.16. The normalized spacial score (nSPS) is 11.4. The van der Waals surface area contributed by atoms with Gasteiger partial charge in [-0.1, -0.05) is 6.07 Å². The van der Waals surface area contributed by atoms with Gasteiger partial charge in [0.15, 0.2) is 5.58 Å². The molecule has 0 N–H and O–H groups in total. The van der Waals surface area contributed by atoms with E-state index in [1.54, 1.807) is 18.2 Å². The Balaban J connectivity index is 2.68. The molecular weight excluding hydrogens is 244 g/mol. The Morgan fingerprint density at radius 3 is 2.77 bits per heavy atom. The highest BCUT2D eigenvalue weighted by molar-refractivity contribution is 9.10. The van der Waals surface area contributed by atoms with E-state index in [0.717, 1.165) is 0 Å². The van der Waals surface area contributed by atoms with Crippen molar-refractivity contribution in [2.24, 2.45) is 0 Å². The van der Waals surface area contributed by atoms with Crippen LogP contribution >= 0.6 is 15.9 Å². The third-order valence-electron chi connectivity index (χ3n) is 1.57. The molecule has 1 heterocycles. The van der Waals surface area contributed by atoms with Gasteiger partial charge in [-0.2, -0.15) is 8.78 Å². The zero-order valence-corrected chi connectivity index (χ0v) is 7.88. The number of hydrogen-bond acceptors (Lipinski definition) is 2. The van der Waals surface area contributed by atoms with Gasteiger partial charge in [-0.25, -0.2) is 4.98 Å². The summed E-state index contributed by atoms with van der Waals surface area (Å²) in [6.07, 6.45) is -2.67. The van der Waals surface area contributed by atoms with Crippen molar-refractivity contribution in [1.82, 2.24) is 4.98 Å². The van der Waals surface area contributed by atoms with Crippen LogP contribution in [0.1, 0.15) is 12.3 Å². The minimum atomic E-state index is -2.67. The summed E-state index contributed by atoms with van der Waals surface area (Å²) in [6, 6.07) is 5.04. The monoisotopic (exact) mass is 247 g/mol. The summed E-state index contributed by atoms with van der Waals surface area (Å²) < 4.78 is 29.8. The van der Waals surface area contributed by atoms with Crippen molar-refractivity contribution >= 4 is 27.0 Å². The van der Waals surface area contributed by atoms with Gasteiger partial charge in [0.05, 0.1) is 4.47 Å². The molecule has 0 fully saturated rings. The minimum Gasteiger partial charge on any atom is -0.434 e. The molecule has 1 aromatic carbocycles. The Morgan fingerprint density at radius 2 is 2.15 bits per heavy atom. The van der Waals surface area contributed by atoms with Crippen LogP contribution in [0.4, 0.5) is 8.78 Å². The summed E-state index contributed by atoms with van der Waals surface area (Å²) in [5.74, 6) is -0.540. The zero-order valence-electron chi connectivity index (χ0n) is 6.30. The molecule has 0 amide bonds. The Morgan fingerprint density at radius 1 is 1.38 bits per heavy atom. The van der Waals surface area contributed by atoms with E-state index in [2.05, 4.69) is 20.9 Å². The molecule has 2 nitrogen and oxygen atoms in total. The number of hydrogen-bond donors (Lipinski definition) is 0. The van der Waals surface area contributed by atoms with E-state index in [4.69, 9.17) is 4.42 Å². The molecule has 1 aromatic heterocycles. The first kappa shape index (κ1) is 8.62. The number of halogens is 3. The summed E-state index contributed by atoms with van der Waals surface area (Å²) in [6.45, 7) is 0. The van der Waals surface area contributed by atoms with Crippen LogP contribution in [0.25, 0.3) is 11.1 Å². The molecule has 5 heteroatoms. The number of nitrogens with zero attached hydrogens (tertiary/aromatic N) is 1. The summed E-state index contributed by atoms with van der Waals surface area (Å²) in [5.41, 5.74) is 0.794. The molecule has 0 aliphatic carbocycles. The third-order valence-corrected chi connectivity index (χ3v) is 2.19. The average Bonchev–Trinajstić information content (AvgIpc) is 2.49. The number of alkyl halides is 2. The molecule has 13 heavy (non-hydrogen) atoms. The standard InChI is InChI=1S/C8H4BrF2NO/c9-4-2-1-3-5-6(4)13-8(12-5)7(10)11/h1-3,7H. The molecule has 0 bridgehead atoms. The fourth-order valence-electron chi connectivity index (χ4n) is 1.03. The van der Waals surface area contributed by atoms with Crippen LogP contribution in [0.3, 0.4) is 0 Å². The predicted molar refractivity (Wildman–Crippen MR) is 46.7 cm³/mol. The van der Waals surface area contributed by atoms with Crippen molar-refractivity contribution in [3.05, 3.63) is 28.6 Å². The van der Waals surface area contributed by atoms with Crippen LogP contribution in [0, 0.1) is 0 Å². The number of benzene rings is 1. The summed E-state index contributed by atoms with van der Waals surface area (Å²) in [5, 5.41) is 0. The quantitative estimate of drug-likeness (QED) is 0.771. The highest BCUT2D eigenvalue weighted by atomic mass is 79.9. The predicted octanol–water partition coefficient (Wildman–Crippen LogP) is 3.53. The van der Waals surface area contributed by atoms with Gasteiger partial charge in [0.25, 0.3) is 5.89 Å². The molecule has 0 saturated heterocycles.